The van der Waals surface area contributed by atoms with Crippen molar-refractivity contribution in [1.29, 1.82) is 0 Å². The number of sulfonamides is 1. The van der Waals surface area contributed by atoms with Gasteiger partial charge in [-0.15, -0.1) is 0 Å². The first-order valence-electron chi connectivity index (χ1n) is 12.6. The molecule has 1 aliphatic carbocycles. The van der Waals surface area contributed by atoms with Crippen LogP contribution in [0.4, 0.5) is 24.7 Å². The molecule has 2 aromatic rings. The highest BCUT2D eigenvalue weighted by Crippen LogP contribution is 2.27. The summed E-state index contributed by atoms with van der Waals surface area (Å²) < 4.78 is 60.5. The number of carboxylic acids is 1. The number of anilines is 2. The Labute approximate surface area is 225 Å². The third kappa shape index (κ3) is 8.30. The SMILES string of the molecule is CCCNC(=O)c1cc(NS(=O)(=O)c2ccc3c(c2)CCCC3)cnc1N1CCNCC1.O=C(O)C(F)(F)F. The van der Waals surface area contributed by atoms with Crippen LogP contribution >= 0.6 is 0 Å². The van der Waals surface area contributed by atoms with Crippen molar-refractivity contribution in [1.82, 2.24) is 15.6 Å². The predicted molar refractivity (Wildman–Crippen MR) is 140 cm³/mol. The molecule has 0 bridgehead atoms. The molecule has 1 aromatic heterocycles. The molecule has 0 saturated carbocycles. The molecule has 14 heteroatoms. The lowest BCUT2D eigenvalue weighted by Gasteiger charge is -2.30. The number of carbonyl (C=O) groups is 2. The number of aryl methyl sites for hydroxylation is 2. The van der Waals surface area contributed by atoms with Crippen LogP contribution in [-0.4, -0.2) is 69.3 Å². The molecule has 1 aromatic carbocycles. The fourth-order valence-electron chi connectivity index (χ4n) is 4.23. The van der Waals surface area contributed by atoms with Gasteiger partial charge in [0.1, 0.15) is 5.82 Å². The summed E-state index contributed by atoms with van der Waals surface area (Å²) in [7, 11) is -3.79. The first-order chi connectivity index (χ1) is 18.4. The number of pyridine rings is 1. The van der Waals surface area contributed by atoms with Crippen LogP contribution in [0.5, 0.6) is 0 Å². The average molecular weight is 572 g/mol. The number of nitrogens with one attached hydrogen (secondary N) is 3. The Hall–Kier alpha value is -3.39. The Morgan fingerprint density at radius 1 is 1.10 bits per heavy atom. The van der Waals surface area contributed by atoms with Gasteiger partial charge in [-0.1, -0.05) is 13.0 Å². The third-order valence-electron chi connectivity index (χ3n) is 6.19. The van der Waals surface area contributed by atoms with Crippen LogP contribution in [0.1, 0.15) is 47.7 Å². The van der Waals surface area contributed by atoms with Crippen molar-refractivity contribution < 1.29 is 36.3 Å². The summed E-state index contributed by atoms with van der Waals surface area (Å²) >= 11 is 0. The summed E-state index contributed by atoms with van der Waals surface area (Å²) in [5, 5.41) is 13.3. The monoisotopic (exact) mass is 571 g/mol. The molecule has 1 fully saturated rings. The molecule has 0 atom stereocenters. The molecule has 4 rings (SSSR count). The van der Waals surface area contributed by atoms with Gasteiger partial charge in [0.25, 0.3) is 15.9 Å². The van der Waals surface area contributed by atoms with E-state index in [1.807, 2.05) is 13.0 Å². The number of aromatic nitrogens is 1. The molecule has 0 unspecified atom stereocenters. The number of carbonyl (C=O) groups excluding carboxylic acids is 1. The van der Waals surface area contributed by atoms with Gasteiger partial charge in [0, 0.05) is 32.7 Å². The maximum absolute atomic E-state index is 13.1. The van der Waals surface area contributed by atoms with Gasteiger partial charge in [0.05, 0.1) is 22.3 Å². The lowest BCUT2D eigenvalue weighted by atomic mass is 9.92. The van der Waals surface area contributed by atoms with Crippen LogP contribution in [0.3, 0.4) is 0 Å². The third-order valence-corrected chi connectivity index (χ3v) is 7.57. The zero-order valence-electron chi connectivity index (χ0n) is 21.5. The van der Waals surface area contributed by atoms with Crippen molar-refractivity contribution in [3.63, 3.8) is 0 Å². The molecule has 39 heavy (non-hydrogen) atoms. The Balaban J connectivity index is 0.000000532. The zero-order chi connectivity index (χ0) is 28.6. The van der Waals surface area contributed by atoms with Crippen molar-refractivity contribution in [3.8, 4) is 0 Å². The molecule has 2 aliphatic rings. The number of benzene rings is 1. The number of fused-ring (bicyclic) bond motifs is 1. The largest absolute Gasteiger partial charge is 0.490 e. The standard InChI is InChI=1S/C23H31N5O3S.C2HF3O2/c1-2-9-25-23(29)21-15-19(16-26-22(21)28-12-10-24-11-13-28)27-32(30,31)20-8-7-17-5-3-4-6-18(17)14-20;3-2(4,5)1(6)7/h7-8,14-16,24,27H,2-6,9-13H2,1H3,(H,25,29);(H,6,7). The molecule has 1 amide bonds. The van der Waals surface area contributed by atoms with E-state index < -0.39 is 22.2 Å². The zero-order valence-corrected chi connectivity index (χ0v) is 22.3. The summed E-state index contributed by atoms with van der Waals surface area (Å²) in [6.07, 6.45) is 1.34. The molecular weight excluding hydrogens is 539 g/mol. The number of alkyl halides is 3. The fraction of sp³-hybridized carbons (Fsp3) is 0.480. The van der Waals surface area contributed by atoms with Crippen LogP contribution < -0.4 is 20.3 Å². The van der Waals surface area contributed by atoms with E-state index in [4.69, 9.17) is 9.90 Å². The number of hydrogen-bond acceptors (Lipinski definition) is 7. The second-order valence-corrected chi connectivity index (χ2v) is 10.8. The minimum absolute atomic E-state index is 0.237. The van der Waals surface area contributed by atoms with Crippen LogP contribution in [0, 0.1) is 0 Å². The van der Waals surface area contributed by atoms with E-state index in [-0.39, 0.29) is 16.5 Å². The minimum Gasteiger partial charge on any atom is -0.475 e. The van der Waals surface area contributed by atoms with Gasteiger partial charge >= 0.3 is 12.1 Å². The van der Waals surface area contributed by atoms with Gasteiger partial charge in [-0.25, -0.2) is 18.2 Å². The molecule has 4 N–H and O–H groups in total. The van der Waals surface area contributed by atoms with E-state index in [9.17, 15) is 26.4 Å². The normalized spacial score (nSPS) is 15.4. The van der Waals surface area contributed by atoms with Gasteiger partial charge in [-0.05, 0) is 61.4 Å². The number of rotatable bonds is 7. The van der Waals surface area contributed by atoms with Gasteiger partial charge in [-0.3, -0.25) is 9.52 Å². The molecule has 1 saturated heterocycles. The molecule has 214 valence electrons. The molecule has 0 spiro atoms. The van der Waals surface area contributed by atoms with Gasteiger partial charge in [0.15, 0.2) is 0 Å². The van der Waals surface area contributed by atoms with Crippen molar-refractivity contribution >= 4 is 33.4 Å². The Morgan fingerprint density at radius 2 is 1.74 bits per heavy atom. The van der Waals surface area contributed by atoms with Gasteiger partial charge in [-0.2, -0.15) is 13.2 Å². The van der Waals surface area contributed by atoms with E-state index in [1.54, 1.807) is 18.2 Å². The number of halogens is 3. The van der Waals surface area contributed by atoms with Crippen LogP contribution in [0.25, 0.3) is 0 Å². The quantitative estimate of drug-likeness (QED) is 0.398. The van der Waals surface area contributed by atoms with E-state index in [0.717, 1.165) is 63.8 Å². The first-order valence-corrected chi connectivity index (χ1v) is 14.1. The van der Waals surface area contributed by atoms with Crippen molar-refractivity contribution in [2.45, 2.75) is 50.1 Å². The van der Waals surface area contributed by atoms with E-state index in [2.05, 4.69) is 25.2 Å². The summed E-state index contributed by atoms with van der Waals surface area (Å²) in [6, 6.07) is 6.93. The average Bonchev–Trinajstić information content (AvgIpc) is 2.91. The number of hydrogen-bond donors (Lipinski definition) is 4. The summed E-state index contributed by atoms with van der Waals surface area (Å²) in [5.74, 6) is -2.42. The topological polar surface area (TPSA) is 141 Å². The molecule has 2 heterocycles. The minimum atomic E-state index is -5.08. The van der Waals surface area contributed by atoms with Crippen molar-refractivity contribution in [3.05, 3.63) is 47.2 Å². The van der Waals surface area contributed by atoms with Crippen LogP contribution in [0.15, 0.2) is 35.4 Å². The Bertz CT molecular complexity index is 1280. The molecule has 0 radical (unpaired) electrons. The van der Waals surface area contributed by atoms with E-state index in [1.165, 1.54) is 11.8 Å². The van der Waals surface area contributed by atoms with E-state index in [0.29, 0.717) is 17.9 Å². The summed E-state index contributed by atoms with van der Waals surface area (Å²) in [5.41, 5.74) is 2.99. The number of amides is 1. The van der Waals surface area contributed by atoms with Crippen LogP contribution in [0.2, 0.25) is 0 Å². The number of nitrogens with zero attached hydrogens (tertiary/aromatic N) is 2. The number of aliphatic carboxylic acids is 1. The number of carboxylic acid groups (broad SMARTS) is 1. The van der Waals surface area contributed by atoms with Gasteiger partial charge < -0.3 is 20.6 Å². The maximum Gasteiger partial charge on any atom is 0.490 e. The van der Waals surface area contributed by atoms with Crippen molar-refractivity contribution in [2.24, 2.45) is 0 Å². The van der Waals surface area contributed by atoms with Crippen LogP contribution in [-0.2, 0) is 27.7 Å². The maximum atomic E-state index is 13.1. The lowest BCUT2D eigenvalue weighted by molar-refractivity contribution is -0.192. The molecule has 10 nitrogen and oxygen atoms in total. The molecular formula is C25H32F3N5O5S. The predicted octanol–water partition coefficient (Wildman–Crippen LogP) is 2.94. The summed E-state index contributed by atoms with van der Waals surface area (Å²) in [4.78, 5) is 28.5. The highest BCUT2D eigenvalue weighted by Gasteiger charge is 2.38. The summed E-state index contributed by atoms with van der Waals surface area (Å²) in [6.45, 7) is 5.63. The highest BCUT2D eigenvalue weighted by molar-refractivity contribution is 7.92. The second-order valence-electron chi connectivity index (χ2n) is 9.13. The smallest absolute Gasteiger partial charge is 0.475 e. The van der Waals surface area contributed by atoms with E-state index >= 15 is 0 Å². The number of piperazine rings is 1. The van der Waals surface area contributed by atoms with Gasteiger partial charge in [0.2, 0.25) is 0 Å². The van der Waals surface area contributed by atoms with Crippen molar-refractivity contribution in [2.75, 3.05) is 42.3 Å². The molecule has 1 aliphatic heterocycles. The fourth-order valence-corrected chi connectivity index (χ4v) is 5.32. The Morgan fingerprint density at radius 3 is 2.36 bits per heavy atom. The lowest BCUT2D eigenvalue weighted by Crippen LogP contribution is -2.44. The Kier molecular flexibility index (Phi) is 10.1. The highest BCUT2D eigenvalue weighted by atomic mass is 32.2. The second kappa shape index (κ2) is 13.1. The first kappa shape index (κ1) is 30.2.